The van der Waals surface area contributed by atoms with Gasteiger partial charge in [0.15, 0.2) is 5.76 Å². The Morgan fingerprint density at radius 3 is 2.66 bits per heavy atom. The van der Waals surface area contributed by atoms with E-state index in [-0.39, 0.29) is 25.5 Å². The number of carbonyl (C=O) groups excluding carboxylic acids is 2. The predicted octanol–water partition coefficient (Wildman–Crippen LogP) is 3.20. The van der Waals surface area contributed by atoms with Gasteiger partial charge in [-0.25, -0.2) is 4.98 Å². The molecule has 2 aliphatic heterocycles. The van der Waals surface area contributed by atoms with Gasteiger partial charge >= 0.3 is 12.1 Å². The number of aromatic nitrogens is 1. The van der Waals surface area contributed by atoms with Gasteiger partial charge in [-0.1, -0.05) is 30.3 Å². The van der Waals surface area contributed by atoms with E-state index in [9.17, 15) is 22.8 Å². The molecule has 8 nitrogen and oxygen atoms in total. The van der Waals surface area contributed by atoms with Gasteiger partial charge in [-0.15, -0.1) is 12.3 Å². The Hall–Kier alpha value is -3.36. The van der Waals surface area contributed by atoms with Crippen molar-refractivity contribution in [1.82, 2.24) is 20.1 Å². The van der Waals surface area contributed by atoms with Crippen LogP contribution in [0.2, 0.25) is 0 Å². The Labute approximate surface area is 219 Å². The molecule has 11 heteroatoms. The van der Waals surface area contributed by atoms with E-state index in [0.717, 1.165) is 5.56 Å². The molecule has 0 aliphatic carbocycles. The summed E-state index contributed by atoms with van der Waals surface area (Å²) in [5.74, 6) is 1.95. The normalized spacial score (nSPS) is 23.2. The molecule has 1 amide bonds. The Bertz CT molecular complexity index is 1170. The first-order valence-corrected chi connectivity index (χ1v) is 12.5. The number of hydrogen-bond donors (Lipinski definition) is 1. The van der Waals surface area contributed by atoms with E-state index in [1.54, 1.807) is 11.1 Å². The molecule has 38 heavy (non-hydrogen) atoms. The second kappa shape index (κ2) is 11.2. The average molecular weight is 533 g/mol. The number of benzene rings is 1. The minimum absolute atomic E-state index is 0.133. The molecule has 4 rings (SSSR count). The summed E-state index contributed by atoms with van der Waals surface area (Å²) in [5, 5.41) is 2.02. The summed E-state index contributed by atoms with van der Waals surface area (Å²) in [7, 11) is 0. The predicted molar refractivity (Wildman–Crippen MR) is 132 cm³/mol. The Balaban J connectivity index is 1.50. The maximum atomic E-state index is 13.0. The van der Waals surface area contributed by atoms with Gasteiger partial charge in [-0.05, 0) is 20.3 Å². The van der Waals surface area contributed by atoms with Crippen molar-refractivity contribution in [3.63, 3.8) is 0 Å². The molecule has 3 atom stereocenters. The van der Waals surface area contributed by atoms with Gasteiger partial charge < -0.3 is 14.5 Å². The summed E-state index contributed by atoms with van der Waals surface area (Å²) in [4.78, 5) is 33.4. The molecular formula is C27H31F3N4O4. The van der Waals surface area contributed by atoms with E-state index in [4.69, 9.17) is 15.6 Å². The number of terminal acetylenes is 1. The standard InChI is InChI=1S/C27H31F3N4O4/c1-4-8-19-13-20(37-24(19)36)15-33-11-12-34(16-21(33)23(35)32-17-27(28,29)30)26(2,3)25-31-14-22(38-25)18-9-6-5-7-10-18/h1,5-7,9-10,14,19-21H,8,11-13,15-17H2,2-3H3,(H,32,35)/t19-,20+,21+/m1/s1. The minimum Gasteiger partial charge on any atom is -0.461 e. The van der Waals surface area contributed by atoms with Crippen LogP contribution in [0.1, 0.15) is 32.6 Å². The number of amides is 1. The summed E-state index contributed by atoms with van der Waals surface area (Å²) >= 11 is 0. The molecule has 0 unspecified atom stereocenters. The first kappa shape index (κ1) is 27.7. The number of nitrogens with zero attached hydrogens (tertiary/aromatic N) is 3. The third-order valence-electron chi connectivity index (χ3n) is 7.10. The summed E-state index contributed by atoms with van der Waals surface area (Å²) in [5.41, 5.74) is 0.116. The van der Waals surface area contributed by atoms with Crippen LogP contribution >= 0.6 is 0 Å². The number of esters is 1. The molecule has 0 radical (unpaired) electrons. The quantitative estimate of drug-likeness (QED) is 0.413. The first-order valence-electron chi connectivity index (χ1n) is 12.5. The molecule has 2 aliphatic rings. The van der Waals surface area contributed by atoms with E-state index < -0.39 is 42.2 Å². The molecule has 3 heterocycles. The van der Waals surface area contributed by atoms with Gasteiger partial charge in [0.25, 0.3) is 0 Å². The van der Waals surface area contributed by atoms with Crippen molar-refractivity contribution >= 4 is 11.9 Å². The fraction of sp³-hybridized carbons (Fsp3) is 0.519. The summed E-state index contributed by atoms with van der Waals surface area (Å²) < 4.78 is 50.1. The van der Waals surface area contributed by atoms with Crippen LogP contribution in [0.15, 0.2) is 40.9 Å². The van der Waals surface area contributed by atoms with E-state index in [1.165, 1.54) is 0 Å². The number of rotatable bonds is 8. The van der Waals surface area contributed by atoms with Crippen LogP contribution in [0.4, 0.5) is 13.2 Å². The van der Waals surface area contributed by atoms with Crippen molar-refractivity contribution in [3.8, 4) is 23.7 Å². The SMILES string of the molecule is C#CC[C@@H]1C[C@@H](CN2CCN(C(C)(C)c3ncc(-c4ccccc4)o3)C[C@H]2C(=O)NCC(F)(F)F)OC1=O. The molecule has 0 bridgehead atoms. The van der Waals surface area contributed by atoms with E-state index in [1.807, 2.05) is 54.4 Å². The maximum absolute atomic E-state index is 13.0. The van der Waals surface area contributed by atoms with E-state index in [2.05, 4.69) is 10.9 Å². The highest BCUT2D eigenvalue weighted by molar-refractivity contribution is 5.82. The third-order valence-corrected chi connectivity index (χ3v) is 7.10. The van der Waals surface area contributed by atoms with Crippen LogP contribution in [0, 0.1) is 18.3 Å². The molecule has 2 aromatic rings. The molecule has 204 valence electrons. The molecule has 1 aromatic carbocycles. The molecular weight excluding hydrogens is 501 g/mol. The molecule has 1 aromatic heterocycles. The van der Waals surface area contributed by atoms with Crippen molar-refractivity contribution in [3.05, 3.63) is 42.4 Å². The molecule has 0 spiro atoms. The number of nitrogens with one attached hydrogen (secondary N) is 1. The van der Waals surface area contributed by atoms with E-state index >= 15 is 0 Å². The van der Waals surface area contributed by atoms with Gasteiger partial charge in [0.05, 0.1) is 17.7 Å². The first-order chi connectivity index (χ1) is 18.0. The monoisotopic (exact) mass is 532 g/mol. The summed E-state index contributed by atoms with van der Waals surface area (Å²) in [6.45, 7) is 3.59. The van der Waals surface area contributed by atoms with Crippen molar-refractivity contribution in [1.29, 1.82) is 0 Å². The lowest BCUT2D eigenvalue weighted by molar-refractivity contribution is -0.148. The van der Waals surface area contributed by atoms with Crippen molar-refractivity contribution in [2.75, 3.05) is 32.7 Å². The smallest absolute Gasteiger partial charge is 0.405 e. The topological polar surface area (TPSA) is 87.9 Å². The Morgan fingerprint density at radius 2 is 1.97 bits per heavy atom. The maximum Gasteiger partial charge on any atom is 0.405 e. The fourth-order valence-corrected chi connectivity index (χ4v) is 4.93. The Morgan fingerprint density at radius 1 is 1.24 bits per heavy atom. The summed E-state index contributed by atoms with van der Waals surface area (Å²) in [6, 6.07) is 8.59. The van der Waals surface area contributed by atoms with Gasteiger partial charge in [0.1, 0.15) is 18.7 Å². The lowest BCUT2D eigenvalue weighted by Crippen LogP contribution is -2.63. The number of halogens is 3. The van der Waals surface area contributed by atoms with Crippen molar-refractivity contribution in [2.45, 2.75) is 50.6 Å². The summed E-state index contributed by atoms with van der Waals surface area (Å²) in [6.07, 6.45) is 2.61. The largest absolute Gasteiger partial charge is 0.461 e. The Kier molecular flexibility index (Phi) is 8.13. The van der Waals surface area contributed by atoms with Crippen molar-refractivity contribution in [2.24, 2.45) is 5.92 Å². The van der Waals surface area contributed by atoms with Crippen LogP contribution in [-0.2, 0) is 19.9 Å². The second-order valence-electron chi connectivity index (χ2n) is 10.1. The van der Waals surface area contributed by atoms with Crippen molar-refractivity contribution < 1.29 is 31.9 Å². The van der Waals surface area contributed by atoms with Gasteiger partial charge in [-0.2, -0.15) is 13.2 Å². The molecule has 2 fully saturated rings. The molecule has 0 saturated carbocycles. The van der Waals surface area contributed by atoms with Crippen LogP contribution in [0.25, 0.3) is 11.3 Å². The van der Waals surface area contributed by atoms with Gasteiger partial charge in [0.2, 0.25) is 11.8 Å². The fourth-order valence-electron chi connectivity index (χ4n) is 4.93. The van der Waals surface area contributed by atoms with E-state index in [0.29, 0.717) is 31.2 Å². The zero-order chi connectivity index (χ0) is 27.5. The lowest BCUT2D eigenvalue weighted by Gasteiger charge is -2.46. The highest BCUT2D eigenvalue weighted by atomic mass is 19.4. The van der Waals surface area contributed by atoms with Crippen LogP contribution in [0.3, 0.4) is 0 Å². The zero-order valence-corrected chi connectivity index (χ0v) is 21.3. The lowest BCUT2D eigenvalue weighted by atomic mass is 9.97. The number of piperazine rings is 1. The third kappa shape index (κ3) is 6.37. The average Bonchev–Trinajstić information content (AvgIpc) is 3.51. The molecule has 1 N–H and O–H groups in total. The van der Waals surface area contributed by atoms with Gasteiger partial charge in [-0.3, -0.25) is 19.4 Å². The number of ether oxygens (including phenoxy) is 1. The van der Waals surface area contributed by atoms with Gasteiger partial charge in [0, 0.05) is 38.2 Å². The zero-order valence-electron chi connectivity index (χ0n) is 21.3. The van der Waals surface area contributed by atoms with Crippen LogP contribution in [-0.4, -0.2) is 77.7 Å². The number of hydrogen-bond acceptors (Lipinski definition) is 7. The molecule has 2 saturated heterocycles. The number of alkyl halides is 3. The second-order valence-corrected chi connectivity index (χ2v) is 10.1. The number of oxazole rings is 1. The number of carbonyl (C=O) groups is 2. The minimum atomic E-state index is -4.54. The number of cyclic esters (lactones) is 1. The van der Waals surface area contributed by atoms with Crippen LogP contribution in [0.5, 0.6) is 0 Å². The highest BCUT2D eigenvalue weighted by Gasteiger charge is 2.44. The highest BCUT2D eigenvalue weighted by Crippen LogP contribution is 2.33. The van der Waals surface area contributed by atoms with Crippen LogP contribution < -0.4 is 5.32 Å².